The maximum absolute atomic E-state index is 13.1. The third kappa shape index (κ3) is 2.81. The Morgan fingerprint density at radius 3 is 2.54 bits per heavy atom. The molecule has 0 aromatic carbocycles. The van der Waals surface area contributed by atoms with Crippen molar-refractivity contribution < 1.29 is 28.7 Å². The van der Waals surface area contributed by atoms with Crippen molar-refractivity contribution in [1.82, 2.24) is 0 Å². The molecule has 26 heavy (non-hydrogen) atoms. The fourth-order valence-corrected chi connectivity index (χ4v) is 5.01. The quantitative estimate of drug-likeness (QED) is 0.566. The second-order valence-electron chi connectivity index (χ2n) is 7.26. The summed E-state index contributed by atoms with van der Waals surface area (Å²) in [5.41, 5.74) is -0.487. The smallest absolute Gasteiger partial charge is 0.330 e. The Balaban J connectivity index is 2.19. The molecule has 4 atom stereocenters. The Morgan fingerprint density at radius 2 is 1.85 bits per heavy atom. The lowest BCUT2D eigenvalue weighted by atomic mass is 9.49. The van der Waals surface area contributed by atoms with Crippen LogP contribution < -0.4 is 0 Å². The number of methoxy groups -OCH3 is 2. The third-order valence-corrected chi connectivity index (χ3v) is 6.15. The Labute approximate surface area is 152 Å². The minimum atomic E-state index is -1.15. The van der Waals surface area contributed by atoms with Gasteiger partial charge in [-0.15, -0.1) is 0 Å². The molecule has 3 rings (SSSR count). The van der Waals surface area contributed by atoms with E-state index in [1.54, 1.807) is 12.2 Å². The van der Waals surface area contributed by atoms with Gasteiger partial charge in [-0.1, -0.05) is 12.2 Å². The largest absolute Gasteiger partial charge is 0.469 e. The molecular weight excluding hydrogens is 336 g/mol. The predicted molar refractivity (Wildman–Crippen MR) is 91.9 cm³/mol. The normalized spacial score (nSPS) is 33.9. The summed E-state index contributed by atoms with van der Waals surface area (Å²) in [5, 5.41) is 0. The van der Waals surface area contributed by atoms with Crippen molar-refractivity contribution in [2.45, 2.75) is 38.5 Å². The molecule has 4 unspecified atom stereocenters. The molecule has 0 bridgehead atoms. The van der Waals surface area contributed by atoms with Gasteiger partial charge < -0.3 is 9.47 Å². The van der Waals surface area contributed by atoms with Crippen molar-refractivity contribution in [2.24, 2.45) is 23.2 Å². The fourth-order valence-electron chi connectivity index (χ4n) is 5.01. The summed E-state index contributed by atoms with van der Waals surface area (Å²) in [5.74, 6) is -2.27. The number of Topliss-reactive ketones (excluding diaryl/α,β-unsaturated/α-hetero) is 2. The van der Waals surface area contributed by atoms with Crippen LogP contribution in [0.4, 0.5) is 0 Å². The first-order valence-electron chi connectivity index (χ1n) is 9.09. The van der Waals surface area contributed by atoms with Gasteiger partial charge >= 0.3 is 11.9 Å². The summed E-state index contributed by atoms with van der Waals surface area (Å²) < 4.78 is 9.64. The summed E-state index contributed by atoms with van der Waals surface area (Å²) >= 11 is 0. The van der Waals surface area contributed by atoms with Gasteiger partial charge in [-0.25, -0.2) is 4.79 Å². The number of allylic oxidation sites excluding steroid dienone is 2. The molecule has 6 nitrogen and oxygen atoms in total. The van der Waals surface area contributed by atoms with E-state index < -0.39 is 23.3 Å². The van der Waals surface area contributed by atoms with Crippen LogP contribution in [0.15, 0.2) is 23.8 Å². The second kappa shape index (κ2) is 7.17. The highest BCUT2D eigenvalue weighted by Crippen LogP contribution is 2.57. The summed E-state index contributed by atoms with van der Waals surface area (Å²) in [6, 6.07) is 0. The van der Waals surface area contributed by atoms with Gasteiger partial charge in [0, 0.05) is 18.9 Å². The number of hydrogen-bond acceptors (Lipinski definition) is 6. The highest BCUT2D eigenvalue weighted by Gasteiger charge is 2.59. The van der Waals surface area contributed by atoms with Crippen LogP contribution in [0.1, 0.15) is 38.5 Å². The van der Waals surface area contributed by atoms with Crippen LogP contribution >= 0.6 is 0 Å². The van der Waals surface area contributed by atoms with E-state index >= 15 is 0 Å². The van der Waals surface area contributed by atoms with Gasteiger partial charge in [0.1, 0.15) is 5.78 Å². The van der Waals surface area contributed by atoms with Gasteiger partial charge in [0.25, 0.3) is 0 Å². The third-order valence-electron chi connectivity index (χ3n) is 6.15. The zero-order valence-corrected chi connectivity index (χ0v) is 15.2. The van der Waals surface area contributed by atoms with E-state index in [1.165, 1.54) is 20.3 Å². The van der Waals surface area contributed by atoms with Crippen LogP contribution in [0.3, 0.4) is 0 Å². The first-order chi connectivity index (χ1) is 12.5. The van der Waals surface area contributed by atoms with Gasteiger partial charge in [-0.05, 0) is 43.1 Å². The molecular formula is C20H24O6. The predicted octanol–water partition coefficient (Wildman–Crippen LogP) is 2.17. The first kappa shape index (κ1) is 18.5. The molecule has 0 radical (unpaired) electrons. The number of rotatable bonds is 3. The molecule has 2 saturated carbocycles. The van der Waals surface area contributed by atoms with Gasteiger partial charge in [0.05, 0.1) is 25.6 Å². The van der Waals surface area contributed by atoms with Crippen molar-refractivity contribution in [3.63, 3.8) is 0 Å². The van der Waals surface area contributed by atoms with E-state index in [2.05, 4.69) is 4.74 Å². The van der Waals surface area contributed by atoms with Gasteiger partial charge in [0.15, 0.2) is 5.78 Å². The summed E-state index contributed by atoms with van der Waals surface area (Å²) in [7, 11) is 2.54. The van der Waals surface area contributed by atoms with Gasteiger partial charge in [0.2, 0.25) is 0 Å². The lowest BCUT2D eigenvalue weighted by Gasteiger charge is -2.51. The number of hydrogen-bond donors (Lipinski definition) is 0. The molecule has 0 aromatic heterocycles. The topological polar surface area (TPSA) is 86.7 Å². The lowest BCUT2D eigenvalue weighted by molar-refractivity contribution is -0.156. The summed E-state index contributed by atoms with van der Waals surface area (Å²) in [6.07, 6.45) is 8.29. The van der Waals surface area contributed by atoms with E-state index in [9.17, 15) is 19.2 Å². The number of ketones is 2. The second-order valence-corrected chi connectivity index (χ2v) is 7.26. The van der Waals surface area contributed by atoms with E-state index in [0.717, 1.165) is 25.7 Å². The molecule has 0 heterocycles. The highest BCUT2D eigenvalue weighted by atomic mass is 16.5. The average Bonchev–Trinajstić information content (AvgIpc) is 2.65. The molecule has 0 aliphatic heterocycles. The molecule has 3 aliphatic carbocycles. The molecule has 2 fully saturated rings. The number of carbonyl (C=O) groups excluding carboxylic acids is 4. The Morgan fingerprint density at radius 1 is 1.12 bits per heavy atom. The summed E-state index contributed by atoms with van der Waals surface area (Å²) in [6.45, 7) is 0. The van der Waals surface area contributed by atoms with E-state index in [4.69, 9.17) is 4.74 Å². The van der Waals surface area contributed by atoms with E-state index in [1.807, 2.05) is 0 Å². The van der Waals surface area contributed by atoms with Gasteiger partial charge in [-0.3, -0.25) is 14.4 Å². The zero-order valence-electron chi connectivity index (χ0n) is 15.2. The van der Waals surface area contributed by atoms with Crippen LogP contribution in [0.2, 0.25) is 0 Å². The SMILES string of the molecule is COC(=O)/C=C/C12C(=O)CCCC1C1CCCC(=O)C1=CC2C(=O)OC. The van der Waals surface area contributed by atoms with Gasteiger partial charge in [-0.2, -0.15) is 0 Å². The number of esters is 2. The number of fused-ring (bicyclic) bond motifs is 3. The van der Waals surface area contributed by atoms with Crippen molar-refractivity contribution in [1.29, 1.82) is 0 Å². The molecule has 0 spiro atoms. The molecule has 6 heteroatoms. The Kier molecular flexibility index (Phi) is 5.12. The lowest BCUT2D eigenvalue weighted by Crippen LogP contribution is -2.55. The van der Waals surface area contributed by atoms with Crippen LogP contribution in [0.25, 0.3) is 0 Å². The molecule has 0 amide bonds. The Hall–Kier alpha value is -2.24. The van der Waals surface area contributed by atoms with Crippen LogP contribution in [-0.4, -0.2) is 37.7 Å². The standard InChI is InChI=1S/C20H24O6/c1-25-18(23)9-10-20-14(6-4-8-17(20)22)12-5-3-7-16(21)13(12)11-15(20)19(24)26-2/h9-12,14-15H,3-8H2,1-2H3/b10-9+. The number of ether oxygens (including phenoxy) is 2. The number of carbonyl (C=O) groups is 4. The summed E-state index contributed by atoms with van der Waals surface area (Å²) in [4.78, 5) is 49.9. The van der Waals surface area contributed by atoms with E-state index in [-0.39, 0.29) is 23.4 Å². The van der Waals surface area contributed by atoms with Crippen molar-refractivity contribution in [2.75, 3.05) is 14.2 Å². The molecule has 140 valence electrons. The van der Waals surface area contributed by atoms with Crippen LogP contribution in [0.5, 0.6) is 0 Å². The van der Waals surface area contributed by atoms with Crippen LogP contribution in [0, 0.1) is 23.2 Å². The maximum Gasteiger partial charge on any atom is 0.330 e. The van der Waals surface area contributed by atoms with Crippen molar-refractivity contribution in [3.05, 3.63) is 23.8 Å². The zero-order chi connectivity index (χ0) is 18.9. The minimum absolute atomic E-state index is 0.0521. The minimum Gasteiger partial charge on any atom is -0.469 e. The Bertz CT molecular complexity index is 703. The molecule has 0 saturated heterocycles. The van der Waals surface area contributed by atoms with E-state index in [0.29, 0.717) is 18.4 Å². The molecule has 0 aromatic rings. The maximum atomic E-state index is 13.1. The molecule has 0 N–H and O–H groups in total. The molecule has 3 aliphatic rings. The highest BCUT2D eigenvalue weighted by molar-refractivity contribution is 6.01. The monoisotopic (exact) mass is 360 g/mol. The fraction of sp³-hybridized carbons (Fsp3) is 0.600. The van der Waals surface area contributed by atoms with Crippen molar-refractivity contribution in [3.8, 4) is 0 Å². The van der Waals surface area contributed by atoms with Crippen LogP contribution in [-0.2, 0) is 28.7 Å². The van der Waals surface area contributed by atoms with Crippen molar-refractivity contribution >= 4 is 23.5 Å². The average molecular weight is 360 g/mol. The first-order valence-corrected chi connectivity index (χ1v) is 9.09.